The Kier molecular flexibility index (Phi) is 10.7. The maximum absolute atomic E-state index is 13.1. The number of phenolic OH excluding ortho intramolecular Hbond substituents is 1. The van der Waals surface area contributed by atoms with E-state index in [9.17, 15) is 19.5 Å². The summed E-state index contributed by atoms with van der Waals surface area (Å²) in [6.45, 7) is 7.67. The monoisotopic (exact) mass is 453 g/mol. The minimum Gasteiger partial charge on any atom is -0.508 e. The SMILES string of the molecule is CCCCCNC(=O)C(c1ccccc1O)N(C)C(=O)C(CS)NC(=O)OC(C)(C)C. The number of phenols is 1. The number of amides is 3. The number of rotatable bonds is 10. The lowest BCUT2D eigenvalue weighted by Gasteiger charge is -2.31. The molecule has 31 heavy (non-hydrogen) atoms. The van der Waals surface area contributed by atoms with Gasteiger partial charge in [0.2, 0.25) is 11.8 Å². The van der Waals surface area contributed by atoms with E-state index in [1.54, 1.807) is 39.0 Å². The third kappa shape index (κ3) is 8.69. The minimum atomic E-state index is -1.07. The lowest BCUT2D eigenvalue weighted by molar-refractivity contribution is -0.140. The van der Waals surface area contributed by atoms with Gasteiger partial charge in [-0.1, -0.05) is 38.0 Å². The molecule has 8 nitrogen and oxygen atoms in total. The molecule has 0 saturated carbocycles. The van der Waals surface area contributed by atoms with Gasteiger partial charge in [0.05, 0.1) is 0 Å². The maximum atomic E-state index is 13.1. The first-order chi connectivity index (χ1) is 14.5. The second-order valence-electron chi connectivity index (χ2n) is 8.29. The Labute approximate surface area is 190 Å². The standard InChI is InChI=1S/C22H35N3O5S/c1-6-7-10-13-23-19(27)18(15-11-8-9-12-17(15)26)25(5)20(28)16(14-31)24-21(29)30-22(2,3)4/h8-9,11-12,16,18,26,31H,6-7,10,13-14H2,1-5H3,(H,23,27)(H,24,29). The van der Waals surface area contributed by atoms with E-state index >= 15 is 0 Å². The first-order valence-corrected chi connectivity index (χ1v) is 11.1. The van der Waals surface area contributed by atoms with E-state index < -0.39 is 35.6 Å². The van der Waals surface area contributed by atoms with Gasteiger partial charge >= 0.3 is 6.09 Å². The summed E-state index contributed by atoms with van der Waals surface area (Å²) in [7, 11) is 1.46. The third-order valence-corrected chi connectivity index (χ3v) is 4.83. The Balaban J connectivity index is 3.07. The van der Waals surface area contributed by atoms with Crippen molar-refractivity contribution in [1.29, 1.82) is 0 Å². The van der Waals surface area contributed by atoms with Crippen LogP contribution in [-0.4, -0.2) is 58.9 Å². The fourth-order valence-corrected chi connectivity index (χ4v) is 3.18. The number of likely N-dealkylation sites (N-methyl/N-ethyl adjacent to an activating group) is 1. The van der Waals surface area contributed by atoms with Crippen LogP contribution in [0.25, 0.3) is 0 Å². The zero-order chi connectivity index (χ0) is 23.6. The summed E-state index contributed by atoms with van der Waals surface area (Å²) in [5.41, 5.74) is -0.432. The first kappa shape index (κ1) is 26.6. The van der Waals surface area contributed by atoms with Gasteiger partial charge in [-0.3, -0.25) is 9.59 Å². The molecule has 2 unspecified atom stereocenters. The van der Waals surface area contributed by atoms with Gasteiger partial charge in [-0.2, -0.15) is 12.6 Å². The number of carbonyl (C=O) groups is 3. The average Bonchev–Trinajstić information content (AvgIpc) is 2.69. The van der Waals surface area contributed by atoms with Gasteiger partial charge in [-0.15, -0.1) is 0 Å². The molecular formula is C22H35N3O5S. The molecule has 0 aliphatic heterocycles. The summed E-state index contributed by atoms with van der Waals surface area (Å²) < 4.78 is 5.21. The van der Waals surface area contributed by atoms with Crippen molar-refractivity contribution in [2.45, 2.75) is 64.6 Å². The third-order valence-electron chi connectivity index (χ3n) is 4.47. The smallest absolute Gasteiger partial charge is 0.408 e. The highest BCUT2D eigenvalue weighted by atomic mass is 32.1. The minimum absolute atomic E-state index is 0.00796. The zero-order valence-electron chi connectivity index (χ0n) is 19.0. The van der Waals surface area contributed by atoms with Crippen molar-refractivity contribution in [2.24, 2.45) is 0 Å². The summed E-state index contributed by atoms with van der Waals surface area (Å²) in [4.78, 5) is 39.4. The number of nitrogens with one attached hydrogen (secondary N) is 2. The second kappa shape index (κ2) is 12.4. The van der Waals surface area contributed by atoms with Crippen LogP contribution in [0.2, 0.25) is 0 Å². The van der Waals surface area contributed by atoms with Crippen LogP contribution in [-0.2, 0) is 14.3 Å². The molecule has 3 amide bonds. The summed E-state index contributed by atoms with van der Waals surface area (Å²) in [6.07, 6.45) is 2.04. The van der Waals surface area contributed by atoms with Gasteiger partial charge in [-0.25, -0.2) is 4.79 Å². The highest BCUT2D eigenvalue weighted by molar-refractivity contribution is 7.80. The molecule has 1 rings (SSSR count). The predicted octanol–water partition coefficient (Wildman–Crippen LogP) is 3.02. The quantitative estimate of drug-likeness (QED) is 0.322. The van der Waals surface area contributed by atoms with Crippen molar-refractivity contribution in [3.05, 3.63) is 29.8 Å². The molecule has 9 heteroatoms. The summed E-state index contributed by atoms with van der Waals surface area (Å²) >= 11 is 4.18. The largest absolute Gasteiger partial charge is 0.508 e. The molecule has 0 spiro atoms. The second-order valence-corrected chi connectivity index (χ2v) is 8.66. The number of thiol groups is 1. The molecule has 1 aromatic carbocycles. The highest BCUT2D eigenvalue weighted by Crippen LogP contribution is 2.28. The van der Waals surface area contributed by atoms with Crippen LogP contribution in [0, 0.1) is 0 Å². The van der Waals surface area contributed by atoms with Crippen LogP contribution in [0.5, 0.6) is 5.75 Å². The Morgan fingerprint density at radius 1 is 1.19 bits per heavy atom. The number of ether oxygens (including phenoxy) is 1. The van der Waals surface area contributed by atoms with Crippen molar-refractivity contribution in [3.63, 3.8) is 0 Å². The normalized spacial score (nSPS) is 13.1. The summed E-state index contributed by atoms with van der Waals surface area (Å²) in [5, 5.41) is 15.6. The van der Waals surface area contributed by atoms with E-state index in [2.05, 4.69) is 30.2 Å². The number of aromatic hydroxyl groups is 1. The molecule has 0 aliphatic rings. The Morgan fingerprint density at radius 2 is 1.84 bits per heavy atom. The van der Waals surface area contributed by atoms with Gasteiger partial charge < -0.3 is 25.4 Å². The van der Waals surface area contributed by atoms with Gasteiger partial charge in [0.25, 0.3) is 0 Å². The summed E-state index contributed by atoms with van der Waals surface area (Å²) in [6, 6.07) is 4.28. The van der Waals surface area contributed by atoms with Crippen LogP contribution in [0.1, 0.15) is 58.6 Å². The van der Waals surface area contributed by atoms with Gasteiger partial charge in [-0.05, 0) is 33.3 Å². The van der Waals surface area contributed by atoms with Crippen molar-refractivity contribution in [3.8, 4) is 5.75 Å². The Morgan fingerprint density at radius 3 is 2.39 bits per heavy atom. The van der Waals surface area contributed by atoms with E-state index in [4.69, 9.17) is 4.74 Å². The van der Waals surface area contributed by atoms with Crippen LogP contribution >= 0.6 is 12.6 Å². The molecule has 1 aromatic rings. The number of alkyl carbamates (subject to hydrolysis) is 1. The molecule has 0 radical (unpaired) electrons. The van der Waals surface area contributed by atoms with E-state index in [0.717, 1.165) is 19.3 Å². The predicted molar refractivity (Wildman–Crippen MR) is 123 cm³/mol. The Hall–Kier alpha value is -2.42. The lowest BCUT2D eigenvalue weighted by Crippen LogP contribution is -2.52. The average molecular weight is 454 g/mol. The number of unbranched alkanes of at least 4 members (excludes halogenated alkanes) is 2. The van der Waals surface area contributed by atoms with Gasteiger partial charge in [0.15, 0.2) is 0 Å². The number of nitrogens with zero attached hydrogens (tertiary/aromatic N) is 1. The maximum Gasteiger partial charge on any atom is 0.408 e. The molecule has 0 aliphatic carbocycles. The molecule has 0 saturated heterocycles. The van der Waals surface area contributed by atoms with Crippen molar-refractivity contribution >= 4 is 30.5 Å². The molecule has 2 atom stereocenters. The fourth-order valence-electron chi connectivity index (χ4n) is 2.94. The number of carbonyl (C=O) groups excluding carboxylic acids is 3. The topological polar surface area (TPSA) is 108 Å². The van der Waals surface area contributed by atoms with Crippen molar-refractivity contribution < 1.29 is 24.2 Å². The van der Waals surface area contributed by atoms with Crippen LogP contribution < -0.4 is 10.6 Å². The molecule has 0 aromatic heterocycles. The molecule has 3 N–H and O–H groups in total. The first-order valence-electron chi connectivity index (χ1n) is 10.4. The number of hydrogen-bond acceptors (Lipinski definition) is 6. The fraction of sp³-hybridized carbons (Fsp3) is 0.591. The molecular weight excluding hydrogens is 418 g/mol. The van der Waals surface area contributed by atoms with Gasteiger partial charge in [0, 0.05) is 24.9 Å². The molecule has 0 bridgehead atoms. The van der Waals surface area contributed by atoms with Crippen LogP contribution in [0.3, 0.4) is 0 Å². The van der Waals surface area contributed by atoms with Crippen molar-refractivity contribution in [1.82, 2.24) is 15.5 Å². The summed E-state index contributed by atoms with van der Waals surface area (Å²) in [5.74, 6) is -1.03. The van der Waals surface area contributed by atoms with Gasteiger partial charge in [0.1, 0.15) is 23.4 Å². The molecule has 174 valence electrons. The highest BCUT2D eigenvalue weighted by Gasteiger charge is 2.34. The van der Waals surface area contributed by atoms with E-state index in [-0.39, 0.29) is 11.5 Å². The molecule has 0 fully saturated rings. The van der Waals surface area contributed by atoms with Crippen LogP contribution in [0.4, 0.5) is 4.79 Å². The lowest BCUT2D eigenvalue weighted by atomic mass is 10.0. The number of benzene rings is 1. The van der Waals surface area contributed by atoms with E-state index in [0.29, 0.717) is 12.1 Å². The van der Waals surface area contributed by atoms with Crippen LogP contribution in [0.15, 0.2) is 24.3 Å². The molecule has 0 heterocycles. The Bertz CT molecular complexity index is 751. The van der Waals surface area contributed by atoms with Crippen molar-refractivity contribution in [2.75, 3.05) is 19.3 Å². The van der Waals surface area contributed by atoms with E-state index in [1.807, 2.05) is 0 Å². The zero-order valence-corrected chi connectivity index (χ0v) is 19.9. The number of para-hydroxylation sites is 1. The van der Waals surface area contributed by atoms with E-state index in [1.165, 1.54) is 18.0 Å². The number of hydrogen-bond donors (Lipinski definition) is 4.